The number of aryl methyl sites for hydroxylation is 1. The van der Waals surface area contributed by atoms with Crippen molar-refractivity contribution in [3.8, 4) is 17.3 Å². The number of ether oxygens (including phenoxy) is 1. The molecule has 6 heterocycles. The number of nitrogens with zero attached hydrogens (tertiary/aromatic N) is 6. The van der Waals surface area contributed by atoms with Gasteiger partial charge in [0.05, 0.1) is 28.2 Å². The number of aromatic nitrogens is 5. The average Bonchev–Trinajstić information content (AvgIpc) is 3.78. The van der Waals surface area contributed by atoms with Crippen LogP contribution in [0.1, 0.15) is 75.8 Å². The van der Waals surface area contributed by atoms with Gasteiger partial charge in [-0.15, -0.1) is 0 Å². The Kier molecular flexibility index (Phi) is 6.57. The summed E-state index contributed by atoms with van der Waals surface area (Å²) in [5, 5.41) is 19.6. The SMILES string of the molecule is CC[C@H]1CCc2cc3[nH]ncc3c(-c3ncc4c(N5CCC[C@@](C)(O)C5)nc(OC[C@@]56CCCN5C[C@H](F)C6)nc4c3F)c21. The van der Waals surface area contributed by atoms with Crippen LogP contribution in [0.3, 0.4) is 0 Å². The molecular formula is C33H39F2N7O2. The molecule has 3 fully saturated rings. The summed E-state index contributed by atoms with van der Waals surface area (Å²) >= 11 is 0. The lowest BCUT2D eigenvalue weighted by Gasteiger charge is -2.38. The number of halogens is 2. The quantitative estimate of drug-likeness (QED) is 0.300. The predicted octanol–water partition coefficient (Wildman–Crippen LogP) is 5.45. The van der Waals surface area contributed by atoms with E-state index < -0.39 is 17.6 Å². The van der Waals surface area contributed by atoms with Gasteiger partial charge in [0.1, 0.15) is 29.8 Å². The average molecular weight is 604 g/mol. The molecule has 4 atom stereocenters. The van der Waals surface area contributed by atoms with Crippen molar-refractivity contribution in [1.29, 1.82) is 0 Å². The zero-order valence-electron chi connectivity index (χ0n) is 25.4. The summed E-state index contributed by atoms with van der Waals surface area (Å²) < 4.78 is 37.8. The number of H-pyrrole nitrogens is 1. The van der Waals surface area contributed by atoms with Gasteiger partial charge < -0.3 is 14.7 Å². The summed E-state index contributed by atoms with van der Waals surface area (Å²) in [6.07, 6.45) is 9.16. The van der Waals surface area contributed by atoms with Crippen LogP contribution in [0.15, 0.2) is 18.5 Å². The summed E-state index contributed by atoms with van der Waals surface area (Å²) in [7, 11) is 0. The van der Waals surface area contributed by atoms with Crippen molar-refractivity contribution in [3.63, 3.8) is 0 Å². The number of nitrogens with one attached hydrogen (secondary N) is 1. The molecule has 0 unspecified atom stereocenters. The van der Waals surface area contributed by atoms with Gasteiger partial charge in [-0.2, -0.15) is 15.1 Å². The molecule has 8 rings (SSSR count). The number of aliphatic hydroxyl groups is 1. The van der Waals surface area contributed by atoms with Gasteiger partial charge in [0.15, 0.2) is 5.82 Å². The number of pyridine rings is 1. The van der Waals surface area contributed by atoms with E-state index in [-0.39, 0.29) is 29.4 Å². The predicted molar refractivity (Wildman–Crippen MR) is 164 cm³/mol. The molecular weight excluding hydrogens is 564 g/mol. The number of fused-ring (bicyclic) bond motifs is 4. The Morgan fingerprint density at radius 3 is 2.86 bits per heavy atom. The van der Waals surface area contributed by atoms with Crippen LogP contribution in [-0.2, 0) is 6.42 Å². The van der Waals surface area contributed by atoms with Gasteiger partial charge >= 0.3 is 6.01 Å². The van der Waals surface area contributed by atoms with E-state index in [9.17, 15) is 9.50 Å². The number of hydrogen-bond acceptors (Lipinski definition) is 8. The fourth-order valence-corrected chi connectivity index (χ4v) is 8.52. The van der Waals surface area contributed by atoms with Crippen molar-refractivity contribution in [2.75, 3.05) is 37.7 Å². The molecule has 2 N–H and O–H groups in total. The number of benzene rings is 1. The Labute approximate surface area is 255 Å². The van der Waals surface area contributed by atoms with Gasteiger partial charge in [-0.1, -0.05) is 6.92 Å². The van der Waals surface area contributed by atoms with Gasteiger partial charge in [0, 0.05) is 43.2 Å². The highest BCUT2D eigenvalue weighted by Crippen LogP contribution is 2.46. The first-order valence-corrected chi connectivity index (χ1v) is 16.1. The van der Waals surface area contributed by atoms with E-state index in [1.54, 1.807) is 12.4 Å². The maximum Gasteiger partial charge on any atom is 0.319 e. The van der Waals surface area contributed by atoms with E-state index in [1.165, 1.54) is 5.56 Å². The third-order valence-electron chi connectivity index (χ3n) is 10.6. The van der Waals surface area contributed by atoms with E-state index in [4.69, 9.17) is 14.7 Å². The fourth-order valence-electron chi connectivity index (χ4n) is 8.52. The van der Waals surface area contributed by atoms with Crippen molar-refractivity contribution in [2.24, 2.45) is 0 Å². The molecule has 9 nitrogen and oxygen atoms in total. The number of hydrogen-bond donors (Lipinski definition) is 2. The van der Waals surface area contributed by atoms with Crippen molar-refractivity contribution in [2.45, 2.75) is 88.4 Å². The van der Waals surface area contributed by atoms with Crippen LogP contribution in [0.5, 0.6) is 6.01 Å². The Morgan fingerprint density at radius 2 is 2.02 bits per heavy atom. The van der Waals surface area contributed by atoms with Crippen molar-refractivity contribution < 1.29 is 18.6 Å². The molecule has 0 amide bonds. The standard InChI is InChI=1S/C33H39F2N7O2/c1-3-19-6-7-20-12-24-22(15-37-40-24)26(25(19)20)29-27(35)28-23(14-36-29)30(41-10-4-8-32(2,43)17-41)39-31(38-28)44-18-33-9-5-11-42(33)16-21(34)13-33/h12,14-15,19,21,43H,3-11,13,16-18H2,1-2H3,(H,37,40)/t19-,21+,32+,33-/m0/s1. The summed E-state index contributed by atoms with van der Waals surface area (Å²) in [6, 6.07) is 2.21. The first-order chi connectivity index (χ1) is 21.2. The second kappa shape index (κ2) is 10.3. The summed E-state index contributed by atoms with van der Waals surface area (Å²) in [5.74, 6) is 0.283. The lowest BCUT2D eigenvalue weighted by Crippen LogP contribution is -2.46. The number of aromatic amines is 1. The zero-order valence-corrected chi connectivity index (χ0v) is 25.4. The van der Waals surface area contributed by atoms with Gasteiger partial charge in [-0.3, -0.25) is 15.0 Å². The van der Waals surface area contributed by atoms with E-state index in [2.05, 4.69) is 33.1 Å². The maximum absolute atomic E-state index is 17.0. The summed E-state index contributed by atoms with van der Waals surface area (Å²) in [6.45, 7) is 6.51. The first-order valence-electron chi connectivity index (χ1n) is 16.1. The smallest absolute Gasteiger partial charge is 0.319 e. The second-order valence-corrected chi connectivity index (χ2v) is 13.7. The second-order valence-electron chi connectivity index (χ2n) is 13.7. The lowest BCUT2D eigenvalue weighted by molar-refractivity contribution is 0.0447. The largest absolute Gasteiger partial charge is 0.461 e. The highest BCUT2D eigenvalue weighted by molar-refractivity contribution is 6.00. The zero-order chi connectivity index (χ0) is 30.2. The molecule has 0 saturated carbocycles. The molecule has 0 bridgehead atoms. The number of anilines is 1. The number of rotatable bonds is 6. The molecule has 3 saturated heterocycles. The molecule has 4 aromatic rings. The van der Waals surface area contributed by atoms with Crippen LogP contribution in [0.25, 0.3) is 33.1 Å². The summed E-state index contributed by atoms with van der Waals surface area (Å²) in [5.41, 5.74) is 3.08. The van der Waals surface area contributed by atoms with Crippen LogP contribution in [-0.4, -0.2) is 85.3 Å². The molecule has 232 valence electrons. The first kappa shape index (κ1) is 28.1. The topological polar surface area (TPSA) is 103 Å². The van der Waals surface area contributed by atoms with Crippen LogP contribution in [0.2, 0.25) is 0 Å². The molecule has 11 heteroatoms. The molecule has 1 aliphatic carbocycles. The molecule has 44 heavy (non-hydrogen) atoms. The fraction of sp³-hybridized carbons (Fsp3) is 0.576. The van der Waals surface area contributed by atoms with E-state index in [1.807, 2.05) is 11.8 Å². The van der Waals surface area contributed by atoms with Crippen molar-refractivity contribution in [1.82, 2.24) is 30.0 Å². The van der Waals surface area contributed by atoms with E-state index >= 15 is 4.39 Å². The van der Waals surface area contributed by atoms with Crippen LogP contribution < -0.4 is 9.64 Å². The van der Waals surface area contributed by atoms with Gasteiger partial charge in [0.25, 0.3) is 0 Å². The number of β-amino-alcohol motifs (C(OH)–C–C–N with tert-alkyl or cyclic N) is 1. The maximum atomic E-state index is 17.0. The van der Waals surface area contributed by atoms with Crippen molar-refractivity contribution >= 4 is 27.6 Å². The van der Waals surface area contributed by atoms with Crippen LogP contribution >= 0.6 is 0 Å². The number of alkyl halides is 1. The molecule has 0 radical (unpaired) electrons. The Bertz CT molecular complexity index is 1760. The monoisotopic (exact) mass is 603 g/mol. The number of piperidine rings is 1. The minimum Gasteiger partial charge on any atom is -0.461 e. The third kappa shape index (κ3) is 4.45. The molecule has 3 aromatic heterocycles. The normalized spacial score (nSPS) is 28.7. The lowest BCUT2D eigenvalue weighted by atomic mass is 9.89. The Morgan fingerprint density at radius 1 is 1.16 bits per heavy atom. The summed E-state index contributed by atoms with van der Waals surface area (Å²) in [4.78, 5) is 18.4. The minimum atomic E-state index is -0.904. The van der Waals surface area contributed by atoms with Gasteiger partial charge in [0.2, 0.25) is 0 Å². The van der Waals surface area contributed by atoms with Gasteiger partial charge in [-0.25, -0.2) is 8.78 Å². The molecule has 0 spiro atoms. The minimum absolute atomic E-state index is 0.0653. The van der Waals surface area contributed by atoms with E-state index in [0.29, 0.717) is 49.6 Å². The molecule has 1 aromatic carbocycles. The van der Waals surface area contributed by atoms with Crippen LogP contribution in [0, 0.1) is 5.82 Å². The highest BCUT2D eigenvalue weighted by Gasteiger charge is 2.49. The Balaban J connectivity index is 1.28. The molecule has 3 aliphatic heterocycles. The van der Waals surface area contributed by atoms with Crippen molar-refractivity contribution in [3.05, 3.63) is 35.4 Å². The van der Waals surface area contributed by atoms with E-state index in [0.717, 1.165) is 67.1 Å². The highest BCUT2D eigenvalue weighted by atomic mass is 19.1. The van der Waals surface area contributed by atoms with Gasteiger partial charge in [-0.05, 0) is 81.5 Å². The third-order valence-corrected chi connectivity index (χ3v) is 10.6. The van der Waals surface area contributed by atoms with Crippen LogP contribution in [0.4, 0.5) is 14.6 Å². The Hall–Kier alpha value is -3.44. The molecule has 4 aliphatic rings.